The van der Waals surface area contributed by atoms with Gasteiger partial charge in [0.1, 0.15) is 17.3 Å². The van der Waals surface area contributed by atoms with Crippen molar-refractivity contribution in [2.45, 2.75) is 0 Å². The molecule has 0 radical (unpaired) electrons. The number of ether oxygens (including phenoxy) is 2. The van der Waals surface area contributed by atoms with Gasteiger partial charge in [0.15, 0.2) is 0 Å². The molecule has 2 rings (SSSR count). The van der Waals surface area contributed by atoms with Crippen LogP contribution in [0.15, 0.2) is 22.7 Å². The average molecular weight is 340 g/mol. The number of morpholine rings is 1. The lowest BCUT2D eigenvalue weighted by molar-refractivity contribution is 0.0693. The highest BCUT2D eigenvalue weighted by atomic mass is 79.9. The van der Waals surface area contributed by atoms with Gasteiger partial charge in [0.05, 0.1) is 17.7 Å². The third kappa shape index (κ3) is 3.69. The summed E-state index contributed by atoms with van der Waals surface area (Å²) in [6.45, 7) is 3.39. The lowest BCUT2D eigenvalue weighted by Gasteiger charge is -2.29. The van der Waals surface area contributed by atoms with E-state index in [1.807, 2.05) is 18.2 Å². The number of halogens is 1. The Morgan fingerprint density at radius 1 is 1.47 bits per heavy atom. The molecule has 1 aromatic carbocycles. The average Bonchev–Trinajstić information content (AvgIpc) is 2.46. The second kappa shape index (κ2) is 6.90. The molecular weight excluding hydrogens is 326 g/mol. The molecule has 0 saturated carbocycles. The van der Waals surface area contributed by atoms with E-state index in [0.29, 0.717) is 0 Å². The van der Waals surface area contributed by atoms with Crippen molar-refractivity contribution in [1.29, 1.82) is 0 Å². The largest absolute Gasteiger partial charge is 0.480 e. The first-order valence-corrected chi connectivity index (χ1v) is 7.15. The highest BCUT2D eigenvalue weighted by molar-refractivity contribution is 9.10. The summed E-state index contributed by atoms with van der Waals surface area (Å²) in [5.41, 5.74) is 0.997. The quantitative estimate of drug-likeness (QED) is 0.623. The third-order valence-electron chi connectivity index (χ3n) is 2.79. The molecule has 100 valence electrons. The van der Waals surface area contributed by atoms with Gasteiger partial charge in [-0.25, -0.2) is 0 Å². The maximum atomic E-state index is 5.51. The van der Waals surface area contributed by atoms with Crippen molar-refractivity contribution in [3.8, 4) is 18.1 Å². The lowest BCUT2D eigenvalue weighted by atomic mass is 10.2. The molecule has 3 nitrogen and oxygen atoms in total. The normalized spacial score (nSPS) is 14.8. The van der Waals surface area contributed by atoms with Gasteiger partial charge in [-0.1, -0.05) is 18.1 Å². The van der Waals surface area contributed by atoms with Gasteiger partial charge in [0.2, 0.25) is 0 Å². The molecule has 0 amide bonds. The third-order valence-corrected chi connectivity index (χ3v) is 3.90. The van der Waals surface area contributed by atoms with Crippen molar-refractivity contribution >= 4 is 33.1 Å². The summed E-state index contributed by atoms with van der Waals surface area (Å²) in [5.74, 6) is 3.17. The Morgan fingerprint density at radius 3 is 2.84 bits per heavy atom. The minimum atomic E-state index is 0.256. The zero-order chi connectivity index (χ0) is 13.7. The predicted octanol–water partition coefficient (Wildman–Crippen LogP) is 2.47. The Labute approximate surface area is 127 Å². The summed E-state index contributed by atoms with van der Waals surface area (Å²) in [6.07, 6.45) is 5.17. The highest BCUT2D eigenvalue weighted by Crippen LogP contribution is 2.26. The van der Waals surface area contributed by atoms with Gasteiger partial charge in [-0.2, -0.15) is 0 Å². The lowest BCUT2D eigenvalue weighted by Crippen LogP contribution is -2.40. The van der Waals surface area contributed by atoms with Crippen LogP contribution in [0, 0.1) is 12.3 Å². The molecule has 1 aromatic rings. The van der Waals surface area contributed by atoms with Crippen molar-refractivity contribution in [2.24, 2.45) is 0 Å². The van der Waals surface area contributed by atoms with E-state index in [1.54, 1.807) is 0 Å². The van der Waals surface area contributed by atoms with Crippen LogP contribution in [-0.2, 0) is 4.74 Å². The SMILES string of the molecule is C#CCOc1ccc(C(=S)N2CCOCC2)cc1Br. The molecule has 0 N–H and O–H groups in total. The number of nitrogens with zero attached hydrogens (tertiary/aromatic N) is 1. The molecule has 5 heteroatoms. The molecule has 0 spiro atoms. The second-order valence-corrected chi connectivity index (χ2v) is 5.28. The smallest absolute Gasteiger partial charge is 0.148 e. The Bertz CT molecular complexity index is 507. The Balaban J connectivity index is 2.10. The minimum absolute atomic E-state index is 0.256. The van der Waals surface area contributed by atoms with Gasteiger partial charge < -0.3 is 14.4 Å². The van der Waals surface area contributed by atoms with Gasteiger partial charge >= 0.3 is 0 Å². The monoisotopic (exact) mass is 339 g/mol. The van der Waals surface area contributed by atoms with E-state index >= 15 is 0 Å². The van der Waals surface area contributed by atoms with Crippen LogP contribution < -0.4 is 4.74 Å². The van der Waals surface area contributed by atoms with Crippen LogP contribution in [0.5, 0.6) is 5.75 Å². The number of hydrogen-bond acceptors (Lipinski definition) is 3. The molecule has 0 aromatic heterocycles. The zero-order valence-electron chi connectivity index (χ0n) is 10.4. The molecule has 1 aliphatic rings. The molecule has 19 heavy (non-hydrogen) atoms. The van der Waals surface area contributed by atoms with Gasteiger partial charge in [0, 0.05) is 18.7 Å². The predicted molar refractivity (Wildman–Crippen MR) is 82.6 cm³/mol. The van der Waals surface area contributed by atoms with Gasteiger partial charge in [0.25, 0.3) is 0 Å². The zero-order valence-corrected chi connectivity index (χ0v) is 12.8. The van der Waals surface area contributed by atoms with Gasteiger partial charge in [-0.15, -0.1) is 6.42 Å². The number of hydrogen-bond donors (Lipinski definition) is 0. The summed E-state index contributed by atoms with van der Waals surface area (Å²) in [7, 11) is 0. The molecule has 0 unspecified atom stereocenters. The Morgan fingerprint density at radius 2 is 2.21 bits per heavy atom. The molecule has 0 aliphatic carbocycles. The van der Waals surface area contributed by atoms with Crippen LogP contribution in [0.3, 0.4) is 0 Å². The molecule has 0 atom stereocenters. The number of thiocarbonyl (C=S) groups is 1. The van der Waals surface area contributed by atoms with E-state index in [9.17, 15) is 0 Å². The molecule has 1 saturated heterocycles. The van der Waals surface area contributed by atoms with E-state index in [4.69, 9.17) is 28.1 Å². The summed E-state index contributed by atoms with van der Waals surface area (Å²) in [6, 6.07) is 5.79. The van der Waals surface area contributed by atoms with Crippen LogP contribution in [0.1, 0.15) is 5.56 Å². The fraction of sp³-hybridized carbons (Fsp3) is 0.357. The summed E-state index contributed by atoms with van der Waals surface area (Å²) in [4.78, 5) is 3.00. The molecule has 1 aliphatic heterocycles. The van der Waals surface area contributed by atoms with Crippen molar-refractivity contribution in [3.05, 3.63) is 28.2 Å². The fourth-order valence-corrected chi connectivity index (χ4v) is 2.62. The molecule has 0 bridgehead atoms. The maximum absolute atomic E-state index is 5.51. The van der Waals surface area contributed by atoms with E-state index in [0.717, 1.165) is 47.1 Å². The molecular formula is C14H14BrNO2S. The summed E-state index contributed by atoms with van der Waals surface area (Å²) in [5, 5.41) is 0. The topological polar surface area (TPSA) is 21.7 Å². The van der Waals surface area contributed by atoms with Gasteiger partial charge in [-0.3, -0.25) is 0 Å². The molecule has 1 heterocycles. The summed E-state index contributed by atoms with van der Waals surface area (Å²) >= 11 is 8.98. The van der Waals surface area contributed by atoms with Crippen molar-refractivity contribution in [3.63, 3.8) is 0 Å². The summed E-state index contributed by atoms with van der Waals surface area (Å²) < 4.78 is 11.6. The standard InChI is InChI=1S/C14H14BrNO2S/c1-2-7-18-13-4-3-11(10-12(13)15)14(19)16-5-8-17-9-6-16/h1,3-4,10H,5-9H2. The number of benzene rings is 1. The minimum Gasteiger partial charge on any atom is -0.480 e. The first kappa shape index (κ1) is 14.3. The first-order chi connectivity index (χ1) is 9.22. The highest BCUT2D eigenvalue weighted by Gasteiger charge is 2.16. The fourth-order valence-electron chi connectivity index (χ4n) is 1.82. The van der Waals surface area contributed by atoms with Crippen molar-refractivity contribution < 1.29 is 9.47 Å². The molecule has 1 fully saturated rings. The van der Waals surface area contributed by atoms with Crippen molar-refractivity contribution in [1.82, 2.24) is 4.90 Å². The number of terminal acetylenes is 1. The Hall–Kier alpha value is -1.09. The van der Waals surface area contributed by atoms with Crippen LogP contribution in [0.2, 0.25) is 0 Å². The van der Waals surface area contributed by atoms with E-state index in [1.165, 1.54) is 0 Å². The van der Waals surface area contributed by atoms with Crippen LogP contribution in [-0.4, -0.2) is 42.8 Å². The van der Waals surface area contributed by atoms with Crippen LogP contribution in [0.4, 0.5) is 0 Å². The van der Waals surface area contributed by atoms with Crippen molar-refractivity contribution in [2.75, 3.05) is 32.9 Å². The Kier molecular flexibility index (Phi) is 5.20. The van der Waals surface area contributed by atoms with E-state index < -0.39 is 0 Å². The van der Waals surface area contributed by atoms with Crippen LogP contribution >= 0.6 is 28.1 Å². The first-order valence-electron chi connectivity index (χ1n) is 5.95. The maximum Gasteiger partial charge on any atom is 0.148 e. The number of rotatable bonds is 3. The van der Waals surface area contributed by atoms with Gasteiger partial charge in [-0.05, 0) is 34.1 Å². The van der Waals surface area contributed by atoms with E-state index in [2.05, 4.69) is 26.8 Å². The second-order valence-electron chi connectivity index (χ2n) is 4.04. The van der Waals surface area contributed by atoms with E-state index in [-0.39, 0.29) is 6.61 Å². The van der Waals surface area contributed by atoms with Crippen LogP contribution in [0.25, 0.3) is 0 Å².